The van der Waals surface area contributed by atoms with Crippen molar-refractivity contribution in [1.29, 1.82) is 0 Å². The van der Waals surface area contributed by atoms with Crippen LogP contribution >= 0.6 is 11.8 Å². The van der Waals surface area contributed by atoms with E-state index < -0.39 is 5.63 Å². The number of amides is 1. The Bertz CT molecular complexity index is 1090. The summed E-state index contributed by atoms with van der Waals surface area (Å²) >= 11 is 1.52. The number of aromatic hydroxyl groups is 1. The fourth-order valence-corrected chi connectivity index (χ4v) is 4.59. The number of thioether (sulfide) groups is 1. The fraction of sp³-hybridized carbons (Fsp3) is 0.304. The minimum Gasteiger partial charge on any atom is -0.508 e. The van der Waals surface area contributed by atoms with Crippen molar-refractivity contribution < 1.29 is 14.3 Å². The lowest BCUT2D eigenvalue weighted by Crippen LogP contribution is -2.24. The molecule has 0 saturated heterocycles. The number of phenols is 1. The largest absolute Gasteiger partial charge is 0.508 e. The molecule has 150 valence electrons. The first-order valence-electron chi connectivity index (χ1n) is 9.88. The third-order valence-corrected chi connectivity index (χ3v) is 6.31. The van der Waals surface area contributed by atoms with E-state index in [-0.39, 0.29) is 17.6 Å². The minimum atomic E-state index is -0.405. The number of carbonyl (C=O) groups is 1. The van der Waals surface area contributed by atoms with Gasteiger partial charge < -0.3 is 14.8 Å². The molecule has 1 saturated carbocycles. The first kappa shape index (κ1) is 19.6. The molecule has 0 bridgehead atoms. The highest BCUT2D eigenvalue weighted by atomic mass is 32.2. The van der Waals surface area contributed by atoms with Crippen LogP contribution in [0.2, 0.25) is 0 Å². The molecule has 4 rings (SSSR count). The maximum atomic E-state index is 12.5. The van der Waals surface area contributed by atoms with Gasteiger partial charge in [0.2, 0.25) is 5.91 Å². The zero-order valence-electron chi connectivity index (χ0n) is 16.0. The van der Waals surface area contributed by atoms with E-state index in [0.717, 1.165) is 41.7 Å². The van der Waals surface area contributed by atoms with Gasteiger partial charge in [-0.25, -0.2) is 4.79 Å². The molecule has 1 heterocycles. The Morgan fingerprint density at radius 2 is 1.93 bits per heavy atom. The molecule has 1 fully saturated rings. The number of anilines is 1. The molecule has 6 heteroatoms. The van der Waals surface area contributed by atoms with E-state index in [9.17, 15) is 14.7 Å². The molecule has 1 aromatic heterocycles. The molecule has 0 aliphatic heterocycles. The van der Waals surface area contributed by atoms with Crippen LogP contribution in [0, 0.1) is 5.92 Å². The Morgan fingerprint density at radius 1 is 1.10 bits per heavy atom. The van der Waals surface area contributed by atoms with Gasteiger partial charge in [-0.3, -0.25) is 4.79 Å². The third kappa shape index (κ3) is 4.82. The average molecular weight is 410 g/mol. The summed E-state index contributed by atoms with van der Waals surface area (Å²) in [6.07, 6.45) is 5.41. The lowest BCUT2D eigenvalue weighted by Gasteiger charge is -2.20. The molecule has 1 amide bonds. The van der Waals surface area contributed by atoms with Gasteiger partial charge >= 0.3 is 5.63 Å². The van der Waals surface area contributed by atoms with Gasteiger partial charge in [0.25, 0.3) is 0 Å². The fourth-order valence-electron chi connectivity index (χ4n) is 3.68. The van der Waals surface area contributed by atoms with Crippen LogP contribution < -0.4 is 10.9 Å². The smallest absolute Gasteiger partial charge is 0.340 e. The van der Waals surface area contributed by atoms with Crippen molar-refractivity contribution in [3.63, 3.8) is 0 Å². The van der Waals surface area contributed by atoms with Crippen molar-refractivity contribution in [3.05, 3.63) is 64.5 Å². The van der Waals surface area contributed by atoms with Crippen LogP contribution in [-0.4, -0.2) is 11.0 Å². The number of phenolic OH excluding ortho intramolecular Hbond substituents is 1. The minimum absolute atomic E-state index is 0.0647. The Balaban J connectivity index is 1.43. The number of rotatable bonds is 5. The maximum absolute atomic E-state index is 12.5. The van der Waals surface area contributed by atoms with E-state index in [1.54, 1.807) is 18.2 Å². The molecule has 1 aliphatic rings. The van der Waals surface area contributed by atoms with Crippen molar-refractivity contribution in [3.8, 4) is 5.75 Å². The van der Waals surface area contributed by atoms with Gasteiger partial charge in [-0.2, -0.15) is 0 Å². The summed E-state index contributed by atoms with van der Waals surface area (Å²) in [4.78, 5) is 25.7. The standard InChI is InChI=1S/C23H23NO4S/c25-19-10-9-16-11-17(23(27)28-21(16)13-19)14-29-20-8-4-7-18(12-20)24-22(26)15-5-2-1-3-6-15/h4,7-13,15,25H,1-3,5-6,14H2,(H,24,26). The molecule has 5 nitrogen and oxygen atoms in total. The first-order valence-corrected chi connectivity index (χ1v) is 10.9. The average Bonchev–Trinajstić information content (AvgIpc) is 2.73. The number of hydrogen-bond donors (Lipinski definition) is 2. The quantitative estimate of drug-likeness (QED) is 0.441. The molecule has 0 atom stereocenters. The van der Waals surface area contributed by atoms with E-state index in [2.05, 4.69) is 5.32 Å². The summed E-state index contributed by atoms with van der Waals surface area (Å²) in [5.41, 5.74) is 1.31. The van der Waals surface area contributed by atoms with Crippen LogP contribution in [0.25, 0.3) is 11.0 Å². The molecule has 2 aromatic carbocycles. The van der Waals surface area contributed by atoms with Crippen LogP contribution in [0.4, 0.5) is 5.69 Å². The molecule has 1 aliphatic carbocycles. The number of carbonyl (C=O) groups excluding carboxylic acids is 1. The Kier molecular flexibility index (Phi) is 5.90. The van der Waals surface area contributed by atoms with E-state index in [0.29, 0.717) is 16.9 Å². The second-order valence-corrected chi connectivity index (χ2v) is 8.47. The second kappa shape index (κ2) is 8.74. The van der Waals surface area contributed by atoms with Crippen molar-refractivity contribution in [2.75, 3.05) is 5.32 Å². The van der Waals surface area contributed by atoms with Crippen molar-refractivity contribution in [2.45, 2.75) is 42.8 Å². The highest BCUT2D eigenvalue weighted by Gasteiger charge is 2.21. The van der Waals surface area contributed by atoms with Gasteiger partial charge in [0.1, 0.15) is 11.3 Å². The van der Waals surface area contributed by atoms with Gasteiger partial charge in [0, 0.05) is 39.3 Å². The van der Waals surface area contributed by atoms with Crippen LogP contribution in [0.5, 0.6) is 5.75 Å². The zero-order chi connectivity index (χ0) is 20.2. The van der Waals surface area contributed by atoms with Crippen molar-refractivity contribution in [1.82, 2.24) is 0 Å². The number of hydrogen-bond acceptors (Lipinski definition) is 5. The van der Waals surface area contributed by atoms with Gasteiger partial charge in [-0.15, -0.1) is 11.8 Å². The molecule has 29 heavy (non-hydrogen) atoms. The van der Waals surface area contributed by atoms with E-state index in [1.807, 2.05) is 24.3 Å². The van der Waals surface area contributed by atoms with Crippen LogP contribution in [0.1, 0.15) is 37.7 Å². The highest BCUT2D eigenvalue weighted by Crippen LogP contribution is 2.28. The Labute approximate surface area is 173 Å². The number of nitrogens with one attached hydrogen (secondary N) is 1. The van der Waals surface area contributed by atoms with Crippen LogP contribution in [0.15, 0.2) is 62.6 Å². The summed E-state index contributed by atoms with van der Waals surface area (Å²) in [5, 5.41) is 13.3. The molecule has 2 N–H and O–H groups in total. The molecule has 0 radical (unpaired) electrons. The summed E-state index contributed by atoms with van der Waals surface area (Å²) in [7, 11) is 0. The Hall–Kier alpha value is -2.73. The monoisotopic (exact) mass is 409 g/mol. The predicted molar refractivity (Wildman–Crippen MR) is 115 cm³/mol. The summed E-state index contributed by atoms with van der Waals surface area (Å²) < 4.78 is 5.32. The summed E-state index contributed by atoms with van der Waals surface area (Å²) in [6, 6.07) is 14.2. The van der Waals surface area contributed by atoms with Gasteiger partial charge in [-0.05, 0) is 49.2 Å². The number of benzene rings is 2. The Morgan fingerprint density at radius 3 is 2.76 bits per heavy atom. The molecule has 0 spiro atoms. The van der Waals surface area contributed by atoms with Crippen molar-refractivity contribution >= 4 is 34.3 Å². The van der Waals surface area contributed by atoms with Gasteiger partial charge in [0.05, 0.1) is 0 Å². The topological polar surface area (TPSA) is 79.5 Å². The molecule has 3 aromatic rings. The summed E-state index contributed by atoms with van der Waals surface area (Å²) in [5.74, 6) is 0.737. The SMILES string of the molecule is O=C(Nc1cccc(SCc2cc3ccc(O)cc3oc2=O)c1)C1CCCCC1. The van der Waals surface area contributed by atoms with Crippen LogP contribution in [0.3, 0.4) is 0 Å². The van der Waals surface area contributed by atoms with E-state index in [4.69, 9.17) is 4.42 Å². The molecular formula is C23H23NO4S. The third-order valence-electron chi connectivity index (χ3n) is 5.26. The lowest BCUT2D eigenvalue weighted by molar-refractivity contribution is -0.120. The highest BCUT2D eigenvalue weighted by molar-refractivity contribution is 7.98. The van der Waals surface area contributed by atoms with E-state index in [1.165, 1.54) is 24.2 Å². The van der Waals surface area contributed by atoms with E-state index >= 15 is 0 Å². The molecule has 0 unspecified atom stereocenters. The second-order valence-electron chi connectivity index (χ2n) is 7.42. The lowest BCUT2D eigenvalue weighted by atomic mass is 9.88. The number of fused-ring (bicyclic) bond motifs is 1. The van der Waals surface area contributed by atoms with Gasteiger partial charge in [-0.1, -0.05) is 25.3 Å². The zero-order valence-corrected chi connectivity index (χ0v) is 16.8. The van der Waals surface area contributed by atoms with Crippen LogP contribution in [-0.2, 0) is 10.5 Å². The molecular weight excluding hydrogens is 386 g/mol. The maximum Gasteiger partial charge on any atom is 0.340 e. The van der Waals surface area contributed by atoms with Gasteiger partial charge in [0.15, 0.2) is 0 Å². The first-order chi connectivity index (χ1) is 14.1. The van der Waals surface area contributed by atoms with Crippen molar-refractivity contribution in [2.24, 2.45) is 5.92 Å². The normalized spacial score (nSPS) is 14.8. The predicted octanol–water partition coefficient (Wildman–Crippen LogP) is 5.31. The summed E-state index contributed by atoms with van der Waals surface area (Å²) in [6.45, 7) is 0.